The molecule has 0 aliphatic carbocycles. The standard InChI is InChI=1S/C29H29BrN2O3/c1-7-35-29(34)27-21(6)32(25-12-11-17(2)18(3)13-25)28(33)26(27)15-22-14-19(4)31(20(22)5)24-10-8-9-23(30)16-24/h8-16H,7H2,1-6H3/b26-15-. The lowest BCUT2D eigenvalue weighted by atomic mass is 10.0. The lowest BCUT2D eigenvalue weighted by molar-refractivity contribution is -0.138. The van der Waals surface area contributed by atoms with Crippen molar-refractivity contribution < 1.29 is 14.3 Å². The number of carbonyl (C=O) groups excluding carboxylic acids is 2. The van der Waals surface area contributed by atoms with E-state index < -0.39 is 5.97 Å². The van der Waals surface area contributed by atoms with E-state index in [9.17, 15) is 9.59 Å². The van der Waals surface area contributed by atoms with Crippen LogP contribution in [0.4, 0.5) is 5.69 Å². The molecule has 1 amide bonds. The number of halogens is 1. The van der Waals surface area contributed by atoms with Gasteiger partial charge in [0.15, 0.2) is 0 Å². The Balaban J connectivity index is 1.86. The maximum absolute atomic E-state index is 13.7. The predicted octanol–water partition coefficient (Wildman–Crippen LogP) is 6.74. The van der Waals surface area contributed by atoms with Gasteiger partial charge >= 0.3 is 5.97 Å². The van der Waals surface area contributed by atoms with E-state index in [-0.39, 0.29) is 12.5 Å². The summed E-state index contributed by atoms with van der Waals surface area (Å²) in [5.74, 6) is -0.724. The summed E-state index contributed by atoms with van der Waals surface area (Å²) in [6.07, 6.45) is 1.82. The average molecular weight is 533 g/mol. The zero-order valence-electron chi connectivity index (χ0n) is 20.9. The summed E-state index contributed by atoms with van der Waals surface area (Å²) in [6.45, 7) is 11.9. The van der Waals surface area contributed by atoms with Crippen molar-refractivity contribution >= 4 is 39.6 Å². The van der Waals surface area contributed by atoms with Gasteiger partial charge in [0.2, 0.25) is 0 Å². The first-order valence-electron chi connectivity index (χ1n) is 11.6. The van der Waals surface area contributed by atoms with Gasteiger partial charge in [0.25, 0.3) is 5.91 Å². The molecule has 4 rings (SSSR count). The Morgan fingerprint density at radius 1 is 0.971 bits per heavy atom. The molecule has 35 heavy (non-hydrogen) atoms. The predicted molar refractivity (Wildman–Crippen MR) is 144 cm³/mol. The summed E-state index contributed by atoms with van der Waals surface area (Å²) in [4.78, 5) is 28.4. The second kappa shape index (κ2) is 9.70. The highest BCUT2D eigenvalue weighted by Gasteiger charge is 2.38. The van der Waals surface area contributed by atoms with E-state index in [0.717, 1.165) is 43.9 Å². The van der Waals surface area contributed by atoms with Crippen molar-refractivity contribution in [1.29, 1.82) is 0 Å². The number of anilines is 1. The van der Waals surface area contributed by atoms with E-state index in [4.69, 9.17) is 4.74 Å². The van der Waals surface area contributed by atoms with Crippen LogP contribution in [0.5, 0.6) is 0 Å². The molecule has 0 fully saturated rings. The number of nitrogens with zero attached hydrogens (tertiary/aromatic N) is 2. The normalized spacial score (nSPS) is 14.9. The van der Waals surface area contributed by atoms with Crippen LogP contribution in [0.15, 0.2) is 69.8 Å². The molecule has 6 heteroatoms. The second-order valence-electron chi connectivity index (χ2n) is 8.79. The Kier molecular flexibility index (Phi) is 6.86. The Morgan fingerprint density at radius 2 is 1.71 bits per heavy atom. The van der Waals surface area contributed by atoms with Crippen LogP contribution in [0.1, 0.15) is 41.9 Å². The van der Waals surface area contributed by atoms with E-state index in [0.29, 0.717) is 16.8 Å². The monoisotopic (exact) mass is 532 g/mol. The fraction of sp³-hybridized carbons (Fsp3) is 0.241. The minimum atomic E-state index is -0.489. The molecule has 0 radical (unpaired) electrons. The first-order valence-corrected chi connectivity index (χ1v) is 12.4. The van der Waals surface area contributed by atoms with E-state index in [1.54, 1.807) is 18.7 Å². The number of allylic oxidation sites excluding steroid dienone is 1. The van der Waals surface area contributed by atoms with Crippen molar-refractivity contribution in [2.45, 2.75) is 41.5 Å². The van der Waals surface area contributed by atoms with Crippen LogP contribution in [0.3, 0.4) is 0 Å². The van der Waals surface area contributed by atoms with Crippen molar-refractivity contribution in [3.05, 3.63) is 97.9 Å². The zero-order valence-corrected chi connectivity index (χ0v) is 22.5. The van der Waals surface area contributed by atoms with E-state index in [2.05, 4.69) is 20.5 Å². The molecule has 0 bridgehead atoms. The van der Waals surface area contributed by atoms with E-state index in [1.807, 2.05) is 82.3 Å². The Labute approximate surface area is 214 Å². The molecule has 0 saturated carbocycles. The van der Waals surface area contributed by atoms with Gasteiger partial charge in [-0.1, -0.05) is 28.1 Å². The van der Waals surface area contributed by atoms with Crippen LogP contribution < -0.4 is 4.90 Å². The number of aryl methyl sites for hydroxylation is 3. The number of hydrogen-bond donors (Lipinski definition) is 0. The molecule has 1 aliphatic rings. The summed E-state index contributed by atoms with van der Waals surface area (Å²) in [5, 5.41) is 0. The number of hydrogen-bond acceptors (Lipinski definition) is 3. The highest BCUT2D eigenvalue weighted by molar-refractivity contribution is 9.10. The minimum absolute atomic E-state index is 0.234. The third kappa shape index (κ3) is 4.50. The van der Waals surface area contributed by atoms with Gasteiger partial charge in [-0.15, -0.1) is 0 Å². The van der Waals surface area contributed by atoms with Gasteiger partial charge in [-0.2, -0.15) is 0 Å². The number of amides is 1. The number of esters is 1. The minimum Gasteiger partial charge on any atom is -0.462 e. The average Bonchev–Trinajstić information content (AvgIpc) is 3.22. The molecular formula is C29H29BrN2O3. The van der Waals surface area contributed by atoms with Gasteiger partial charge in [0.1, 0.15) is 0 Å². The van der Waals surface area contributed by atoms with Gasteiger partial charge in [0.05, 0.1) is 17.8 Å². The molecule has 0 spiro atoms. The summed E-state index contributed by atoms with van der Waals surface area (Å²) >= 11 is 3.54. The Hall–Kier alpha value is -3.38. The Bertz CT molecular complexity index is 1410. The molecule has 0 atom stereocenters. The van der Waals surface area contributed by atoms with Crippen LogP contribution in [-0.2, 0) is 14.3 Å². The fourth-order valence-electron chi connectivity index (χ4n) is 4.56. The van der Waals surface area contributed by atoms with Crippen LogP contribution in [0, 0.1) is 27.7 Å². The van der Waals surface area contributed by atoms with Crippen LogP contribution in [0.25, 0.3) is 11.8 Å². The van der Waals surface area contributed by atoms with Crippen LogP contribution >= 0.6 is 15.9 Å². The van der Waals surface area contributed by atoms with E-state index in [1.165, 1.54) is 0 Å². The molecule has 0 saturated heterocycles. The number of carbonyl (C=O) groups is 2. The summed E-state index contributed by atoms with van der Waals surface area (Å²) in [6, 6.07) is 16.0. The number of ether oxygens (including phenoxy) is 1. The van der Waals surface area contributed by atoms with Crippen molar-refractivity contribution in [2.24, 2.45) is 0 Å². The molecule has 0 N–H and O–H groups in total. The lowest BCUT2D eigenvalue weighted by Crippen LogP contribution is -2.24. The van der Waals surface area contributed by atoms with Gasteiger partial charge in [-0.3, -0.25) is 9.69 Å². The molecule has 5 nitrogen and oxygen atoms in total. The smallest absolute Gasteiger partial charge is 0.340 e. The number of rotatable bonds is 5. The molecule has 3 aromatic rings. The number of benzene rings is 2. The highest BCUT2D eigenvalue weighted by atomic mass is 79.9. The van der Waals surface area contributed by atoms with Crippen LogP contribution in [0.2, 0.25) is 0 Å². The first-order chi connectivity index (χ1) is 16.6. The molecule has 1 aliphatic heterocycles. The topological polar surface area (TPSA) is 51.5 Å². The third-order valence-electron chi connectivity index (χ3n) is 6.46. The van der Waals surface area contributed by atoms with Crippen molar-refractivity contribution in [3.8, 4) is 5.69 Å². The molecule has 1 aromatic heterocycles. The molecule has 2 heterocycles. The van der Waals surface area contributed by atoms with Gasteiger partial charge < -0.3 is 9.30 Å². The largest absolute Gasteiger partial charge is 0.462 e. The molecule has 2 aromatic carbocycles. The van der Waals surface area contributed by atoms with Crippen LogP contribution in [-0.4, -0.2) is 23.1 Å². The number of aromatic nitrogens is 1. The zero-order chi connectivity index (χ0) is 25.4. The first kappa shape index (κ1) is 24.7. The second-order valence-corrected chi connectivity index (χ2v) is 9.71. The van der Waals surface area contributed by atoms with Crippen molar-refractivity contribution in [1.82, 2.24) is 4.57 Å². The van der Waals surface area contributed by atoms with Crippen molar-refractivity contribution in [3.63, 3.8) is 0 Å². The highest BCUT2D eigenvalue weighted by Crippen LogP contribution is 2.37. The summed E-state index contributed by atoms with van der Waals surface area (Å²) in [7, 11) is 0. The third-order valence-corrected chi connectivity index (χ3v) is 6.96. The molecule has 0 unspecified atom stereocenters. The SMILES string of the molecule is CCOC(=O)C1=C(C)N(c2ccc(C)c(C)c2)C(=O)/C1=C\c1cc(C)n(-c2cccc(Br)c2)c1C. The maximum Gasteiger partial charge on any atom is 0.340 e. The molecule has 180 valence electrons. The maximum atomic E-state index is 13.7. The quantitative estimate of drug-likeness (QED) is 0.270. The van der Waals surface area contributed by atoms with E-state index >= 15 is 0 Å². The lowest BCUT2D eigenvalue weighted by Gasteiger charge is -2.19. The fourth-order valence-corrected chi connectivity index (χ4v) is 4.95. The molecular weight excluding hydrogens is 504 g/mol. The van der Waals surface area contributed by atoms with Gasteiger partial charge in [-0.25, -0.2) is 4.79 Å². The Morgan fingerprint density at radius 3 is 2.37 bits per heavy atom. The summed E-state index contributed by atoms with van der Waals surface area (Å²) < 4.78 is 8.48. The van der Waals surface area contributed by atoms with Gasteiger partial charge in [-0.05, 0) is 101 Å². The summed E-state index contributed by atoms with van der Waals surface area (Å²) in [5.41, 5.74) is 8.08. The van der Waals surface area contributed by atoms with Gasteiger partial charge in [0, 0.05) is 32.9 Å². The van der Waals surface area contributed by atoms with Crippen molar-refractivity contribution in [2.75, 3.05) is 11.5 Å².